The molecule has 1 aliphatic rings. The maximum Gasteiger partial charge on any atom is 0.327 e. The van der Waals surface area contributed by atoms with E-state index in [9.17, 15) is 4.79 Å². The van der Waals surface area contributed by atoms with Gasteiger partial charge in [0.05, 0.1) is 16.1 Å². The van der Waals surface area contributed by atoms with Crippen LogP contribution in [0.1, 0.15) is 43.7 Å². The number of ether oxygens (including phenoxy) is 2. The summed E-state index contributed by atoms with van der Waals surface area (Å²) in [6, 6.07) is 19.5. The molecule has 1 saturated carbocycles. The third-order valence-corrected chi connectivity index (χ3v) is 8.01. The molecule has 4 aromatic rings. The van der Waals surface area contributed by atoms with Crippen LogP contribution in [0.3, 0.4) is 0 Å². The summed E-state index contributed by atoms with van der Waals surface area (Å²) in [6.45, 7) is 2.14. The summed E-state index contributed by atoms with van der Waals surface area (Å²) >= 11 is 1.96. The SMILES string of the molecule is CCOC(=O)C1CCC(Oc2nc3c(F)c(I)c(Cc4ccc(-c5ccccc5)cc4)cc3n2F)CC1. The monoisotopic (exact) mass is 616 g/mol. The van der Waals surface area contributed by atoms with E-state index in [1.54, 1.807) is 13.0 Å². The molecule has 0 bridgehead atoms. The van der Waals surface area contributed by atoms with Crippen molar-refractivity contribution in [3.63, 3.8) is 0 Å². The number of rotatable bonds is 7. The molecule has 0 unspecified atom stereocenters. The number of halogens is 3. The average Bonchev–Trinajstić information content (AvgIpc) is 3.23. The summed E-state index contributed by atoms with van der Waals surface area (Å²) in [5.41, 5.74) is 3.89. The summed E-state index contributed by atoms with van der Waals surface area (Å²) in [5.74, 6) is -0.911. The van der Waals surface area contributed by atoms with Crippen LogP contribution >= 0.6 is 22.6 Å². The Kier molecular flexibility index (Phi) is 7.73. The summed E-state index contributed by atoms with van der Waals surface area (Å²) < 4.78 is 41.9. The summed E-state index contributed by atoms with van der Waals surface area (Å²) in [5, 5.41) is 0. The van der Waals surface area contributed by atoms with Gasteiger partial charge in [0, 0.05) is 0 Å². The Morgan fingerprint density at radius 3 is 2.41 bits per heavy atom. The Labute approximate surface area is 227 Å². The van der Waals surface area contributed by atoms with Gasteiger partial charge in [0.1, 0.15) is 17.1 Å². The first-order valence-electron chi connectivity index (χ1n) is 12.5. The van der Waals surface area contributed by atoms with Gasteiger partial charge in [0.2, 0.25) is 0 Å². The smallest absolute Gasteiger partial charge is 0.327 e. The van der Waals surface area contributed by atoms with E-state index in [2.05, 4.69) is 17.1 Å². The van der Waals surface area contributed by atoms with Gasteiger partial charge in [-0.3, -0.25) is 4.79 Å². The second kappa shape index (κ2) is 11.2. The number of fused-ring (bicyclic) bond motifs is 1. The molecule has 1 aromatic heterocycles. The Balaban J connectivity index is 1.33. The molecule has 8 heteroatoms. The lowest BCUT2D eigenvalue weighted by atomic mass is 9.87. The zero-order valence-corrected chi connectivity index (χ0v) is 22.6. The molecular formula is C29H27F2IN2O3. The van der Waals surface area contributed by atoms with Crippen LogP contribution in [0.2, 0.25) is 0 Å². The van der Waals surface area contributed by atoms with E-state index >= 15 is 8.87 Å². The highest BCUT2D eigenvalue weighted by atomic mass is 127. The number of aromatic nitrogens is 2. The number of hydrogen-bond acceptors (Lipinski definition) is 4. The first-order chi connectivity index (χ1) is 17.9. The van der Waals surface area contributed by atoms with E-state index in [0.717, 1.165) is 16.7 Å². The quantitative estimate of drug-likeness (QED) is 0.162. The van der Waals surface area contributed by atoms with Crippen molar-refractivity contribution in [3.05, 3.63) is 81.2 Å². The zero-order chi connectivity index (χ0) is 25.9. The lowest BCUT2D eigenvalue weighted by molar-refractivity contribution is -0.149. The maximum atomic E-state index is 15.3. The Morgan fingerprint density at radius 2 is 1.73 bits per heavy atom. The van der Waals surface area contributed by atoms with Gasteiger partial charge in [-0.1, -0.05) is 59.1 Å². The molecule has 0 N–H and O–H groups in total. The van der Waals surface area contributed by atoms with Gasteiger partial charge in [-0.15, -0.1) is 4.79 Å². The van der Waals surface area contributed by atoms with Crippen LogP contribution in [0.4, 0.5) is 8.87 Å². The van der Waals surface area contributed by atoms with Gasteiger partial charge < -0.3 is 9.47 Å². The molecule has 0 spiro atoms. The van der Waals surface area contributed by atoms with Crippen molar-refractivity contribution in [1.29, 1.82) is 0 Å². The summed E-state index contributed by atoms with van der Waals surface area (Å²) in [6.07, 6.45) is 2.54. The van der Waals surface area contributed by atoms with E-state index < -0.39 is 5.82 Å². The first-order valence-corrected chi connectivity index (χ1v) is 13.6. The Hall–Kier alpha value is -3.01. The van der Waals surface area contributed by atoms with Gasteiger partial charge in [0.25, 0.3) is 0 Å². The number of carbonyl (C=O) groups excluding carboxylic acids is 1. The fraction of sp³-hybridized carbons (Fsp3) is 0.310. The third kappa shape index (κ3) is 5.49. The highest BCUT2D eigenvalue weighted by molar-refractivity contribution is 14.1. The van der Waals surface area contributed by atoms with Crippen molar-refractivity contribution >= 4 is 39.6 Å². The van der Waals surface area contributed by atoms with Crippen molar-refractivity contribution in [1.82, 2.24) is 9.77 Å². The van der Waals surface area contributed by atoms with Crippen molar-refractivity contribution in [3.8, 4) is 17.1 Å². The number of imidazole rings is 1. The number of nitrogens with zero attached hydrogens (tertiary/aromatic N) is 2. The molecule has 3 aromatic carbocycles. The van der Waals surface area contributed by atoms with Gasteiger partial charge in [-0.2, -0.15) is 4.98 Å². The van der Waals surface area contributed by atoms with E-state index in [0.29, 0.717) is 52.6 Å². The normalized spacial score (nSPS) is 17.6. The number of benzene rings is 3. The van der Waals surface area contributed by atoms with Gasteiger partial charge >= 0.3 is 12.0 Å². The van der Waals surface area contributed by atoms with Crippen LogP contribution in [0.15, 0.2) is 60.7 Å². The van der Waals surface area contributed by atoms with Crippen LogP contribution in [0.25, 0.3) is 22.2 Å². The lowest BCUT2D eigenvalue weighted by Gasteiger charge is -2.26. The molecule has 0 aliphatic heterocycles. The summed E-state index contributed by atoms with van der Waals surface area (Å²) in [7, 11) is 0. The molecule has 0 amide bonds. The van der Waals surface area contributed by atoms with Crippen molar-refractivity contribution in [2.45, 2.75) is 45.1 Å². The molecule has 0 atom stereocenters. The molecule has 1 heterocycles. The largest absolute Gasteiger partial charge is 0.466 e. The molecule has 5 rings (SSSR count). The minimum atomic E-state index is -0.554. The van der Waals surface area contributed by atoms with E-state index in [1.807, 2.05) is 65.1 Å². The highest BCUT2D eigenvalue weighted by Gasteiger charge is 2.30. The predicted octanol–water partition coefficient (Wildman–Crippen LogP) is 7.27. The molecule has 1 fully saturated rings. The minimum Gasteiger partial charge on any atom is -0.466 e. The Bertz CT molecular complexity index is 1400. The van der Waals surface area contributed by atoms with E-state index in [-0.39, 0.29) is 35.0 Å². The van der Waals surface area contributed by atoms with Crippen LogP contribution in [0, 0.1) is 15.3 Å². The summed E-state index contributed by atoms with van der Waals surface area (Å²) in [4.78, 5) is 16.4. The molecule has 1 aliphatic carbocycles. The molecule has 37 heavy (non-hydrogen) atoms. The fourth-order valence-corrected chi connectivity index (χ4v) is 5.45. The van der Waals surface area contributed by atoms with Crippen molar-refractivity contribution < 1.29 is 23.1 Å². The molecule has 5 nitrogen and oxygen atoms in total. The van der Waals surface area contributed by atoms with Crippen molar-refractivity contribution in [2.75, 3.05) is 6.61 Å². The van der Waals surface area contributed by atoms with E-state index in [4.69, 9.17) is 9.47 Å². The fourth-order valence-electron chi connectivity index (χ4n) is 4.85. The number of esters is 1. The Morgan fingerprint density at radius 1 is 1.05 bits per heavy atom. The maximum absolute atomic E-state index is 15.3. The van der Waals surface area contributed by atoms with Crippen LogP contribution in [0.5, 0.6) is 6.01 Å². The van der Waals surface area contributed by atoms with Crippen LogP contribution in [-0.4, -0.2) is 28.5 Å². The highest BCUT2D eigenvalue weighted by Crippen LogP contribution is 2.33. The van der Waals surface area contributed by atoms with Crippen molar-refractivity contribution in [2.24, 2.45) is 5.92 Å². The van der Waals surface area contributed by atoms with E-state index in [1.165, 1.54) is 0 Å². The van der Waals surface area contributed by atoms with Crippen LogP contribution < -0.4 is 4.74 Å². The molecule has 192 valence electrons. The number of carbonyl (C=O) groups is 1. The lowest BCUT2D eigenvalue weighted by Crippen LogP contribution is -2.29. The average molecular weight is 616 g/mol. The molecular weight excluding hydrogens is 589 g/mol. The molecule has 0 saturated heterocycles. The second-order valence-corrected chi connectivity index (χ2v) is 10.4. The van der Waals surface area contributed by atoms with Gasteiger partial charge in [-0.05, 0) is 89.9 Å². The van der Waals surface area contributed by atoms with Gasteiger partial charge in [-0.25, -0.2) is 4.39 Å². The first kappa shape index (κ1) is 25.6. The zero-order valence-electron chi connectivity index (χ0n) is 20.4. The predicted molar refractivity (Wildman–Crippen MR) is 147 cm³/mol. The topological polar surface area (TPSA) is 53.4 Å². The third-order valence-electron chi connectivity index (χ3n) is 6.84. The second-order valence-electron chi connectivity index (χ2n) is 9.29. The standard InChI is InChI=1S/C29H27F2IN2O3/c1-2-36-28(35)21-12-14-23(15-13-21)37-29-33-27-24(34(29)31)17-22(26(32)25(27)30)16-18-8-10-20(11-9-18)19-6-4-3-5-7-19/h3-11,17,21,23H,2,12-16H2,1H3. The molecule has 0 radical (unpaired) electrons. The number of hydrogen-bond donors (Lipinski definition) is 0. The minimum absolute atomic E-state index is 0.0454. The van der Waals surface area contributed by atoms with Crippen LogP contribution in [-0.2, 0) is 16.0 Å². The van der Waals surface area contributed by atoms with Gasteiger partial charge in [0.15, 0.2) is 5.82 Å².